The maximum atomic E-state index is 13.2. The zero-order chi connectivity index (χ0) is 16.3. The van der Waals surface area contributed by atoms with Crippen molar-refractivity contribution in [2.24, 2.45) is 0 Å². The van der Waals surface area contributed by atoms with E-state index in [4.69, 9.17) is 16.3 Å². The molecular formula is C18H25ClN2O2. The van der Waals surface area contributed by atoms with Gasteiger partial charge in [-0.15, -0.1) is 0 Å². The first-order valence-electron chi connectivity index (χ1n) is 8.52. The molecule has 2 heterocycles. The Hall–Kier alpha value is -1.10. The molecule has 0 saturated carbocycles. The van der Waals surface area contributed by atoms with Gasteiger partial charge in [0, 0.05) is 18.2 Å². The van der Waals surface area contributed by atoms with Crippen LogP contribution in [-0.4, -0.2) is 42.6 Å². The van der Waals surface area contributed by atoms with Crippen molar-refractivity contribution in [1.82, 2.24) is 10.2 Å². The average Bonchev–Trinajstić information content (AvgIpc) is 3.10. The van der Waals surface area contributed by atoms with Crippen molar-refractivity contribution in [2.75, 3.05) is 26.3 Å². The highest BCUT2D eigenvalue weighted by Gasteiger charge is 2.46. The zero-order valence-electron chi connectivity index (χ0n) is 13.7. The summed E-state index contributed by atoms with van der Waals surface area (Å²) in [5.41, 5.74) is 0.552. The van der Waals surface area contributed by atoms with E-state index in [0.717, 1.165) is 31.5 Å². The topological polar surface area (TPSA) is 41.6 Å². The minimum absolute atomic E-state index is 0.0986. The second kappa shape index (κ2) is 7.20. The molecule has 0 radical (unpaired) electrons. The lowest BCUT2D eigenvalue weighted by Gasteiger charge is -2.43. The van der Waals surface area contributed by atoms with Gasteiger partial charge in [0.25, 0.3) is 0 Å². The summed E-state index contributed by atoms with van der Waals surface area (Å²) in [4.78, 5) is 15.5. The van der Waals surface area contributed by atoms with E-state index in [0.29, 0.717) is 18.2 Å². The van der Waals surface area contributed by atoms with E-state index in [1.165, 1.54) is 12.8 Å². The summed E-state index contributed by atoms with van der Waals surface area (Å²) >= 11 is 6.27. The molecule has 1 aromatic carbocycles. The third kappa shape index (κ3) is 3.39. The van der Waals surface area contributed by atoms with E-state index < -0.39 is 5.54 Å². The predicted octanol–water partition coefficient (Wildman–Crippen LogP) is 3.16. The van der Waals surface area contributed by atoms with Crippen LogP contribution in [0.5, 0.6) is 0 Å². The summed E-state index contributed by atoms with van der Waals surface area (Å²) in [6.07, 6.45) is 3.90. The molecule has 2 fully saturated rings. The molecule has 2 aliphatic heterocycles. The molecule has 2 aliphatic rings. The second-order valence-electron chi connectivity index (χ2n) is 6.55. The van der Waals surface area contributed by atoms with E-state index in [1.807, 2.05) is 31.2 Å². The minimum Gasteiger partial charge on any atom is -0.381 e. The quantitative estimate of drug-likeness (QED) is 0.918. The fraction of sp³-hybridized carbons (Fsp3) is 0.611. The van der Waals surface area contributed by atoms with Gasteiger partial charge in [0.05, 0.1) is 6.04 Å². The van der Waals surface area contributed by atoms with Crippen LogP contribution >= 0.6 is 11.6 Å². The molecule has 1 atom stereocenters. The fourth-order valence-corrected chi connectivity index (χ4v) is 4.08. The molecule has 1 amide bonds. The van der Waals surface area contributed by atoms with E-state index in [2.05, 4.69) is 10.2 Å². The van der Waals surface area contributed by atoms with Gasteiger partial charge in [0.1, 0.15) is 5.54 Å². The summed E-state index contributed by atoms with van der Waals surface area (Å²) in [5, 5.41) is 3.90. The first kappa shape index (κ1) is 16.7. The SMILES string of the molecule is CC(NC(=O)C1(N2CCCC2)CCOCC1)c1ccccc1Cl. The molecule has 1 N–H and O–H groups in total. The van der Waals surface area contributed by atoms with Crippen LogP contribution in [0.4, 0.5) is 0 Å². The molecule has 23 heavy (non-hydrogen) atoms. The second-order valence-corrected chi connectivity index (χ2v) is 6.96. The molecule has 0 aromatic heterocycles. The van der Waals surface area contributed by atoms with Gasteiger partial charge in [-0.2, -0.15) is 0 Å². The van der Waals surface area contributed by atoms with Gasteiger partial charge in [0.2, 0.25) is 5.91 Å². The number of nitrogens with zero attached hydrogens (tertiary/aromatic N) is 1. The summed E-state index contributed by atoms with van der Waals surface area (Å²) in [6.45, 7) is 5.33. The predicted molar refractivity (Wildman–Crippen MR) is 91.6 cm³/mol. The lowest BCUT2D eigenvalue weighted by Crippen LogP contribution is -2.60. The zero-order valence-corrected chi connectivity index (χ0v) is 14.4. The number of nitrogens with one attached hydrogen (secondary N) is 1. The van der Waals surface area contributed by atoms with Gasteiger partial charge in [-0.05, 0) is 57.3 Å². The molecule has 5 heteroatoms. The molecule has 2 saturated heterocycles. The largest absolute Gasteiger partial charge is 0.381 e. The Bertz CT molecular complexity index is 552. The van der Waals surface area contributed by atoms with Crippen molar-refractivity contribution >= 4 is 17.5 Å². The number of carbonyl (C=O) groups excluding carboxylic acids is 1. The Labute approximate surface area is 143 Å². The smallest absolute Gasteiger partial charge is 0.241 e. The van der Waals surface area contributed by atoms with Crippen LogP contribution in [0.1, 0.15) is 44.2 Å². The molecule has 3 rings (SSSR count). The lowest BCUT2D eigenvalue weighted by molar-refractivity contribution is -0.140. The Morgan fingerprint density at radius 1 is 1.26 bits per heavy atom. The first-order valence-corrected chi connectivity index (χ1v) is 8.89. The van der Waals surface area contributed by atoms with Crippen LogP contribution in [0.15, 0.2) is 24.3 Å². The number of rotatable bonds is 4. The number of hydrogen-bond donors (Lipinski definition) is 1. The van der Waals surface area contributed by atoms with Crippen molar-refractivity contribution in [1.29, 1.82) is 0 Å². The van der Waals surface area contributed by atoms with Gasteiger partial charge in [-0.25, -0.2) is 0 Å². The maximum Gasteiger partial charge on any atom is 0.241 e. The van der Waals surface area contributed by atoms with Crippen molar-refractivity contribution in [3.05, 3.63) is 34.9 Å². The van der Waals surface area contributed by atoms with Gasteiger partial charge in [0.15, 0.2) is 0 Å². The van der Waals surface area contributed by atoms with E-state index in [1.54, 1.807) is 0 Å². The number of carbonyl (C=O) groups is 1. The summed E-state index contributed by atoms with van der Waals surface area (Å²) in [5.74, 6) is 0.120. The van der Waals surface area contributed by atoms with Gasteiger partial charge >= 0.3 is 0 Å². The van der Waals surface area contributed by atoms with Crippen LogP contribution in [0.2, 0.25) is 5.02 Å². The molecule has 126 valence electrons. The molecule has 0 bridgehead atoms. The van der Waals surface area contributed by atoms with Crippen LogP contribution in [0, 0.1) is 0 Å². The molecule has 1 aromatic rings. The van der Waals surface area contributed by atoms with Crippen LogP contribution < -0.4 is 5.32 Å². The van der Waals surface area contributed by atoms with Gasteiger partial charge in [-0.1, -0.05) is 29.8 Å². The summed E-state index contributed by atoms with van der Waals surface area (Å²) in [7, 11) is 0. The minimum atomic E-state index is -0.412. The highest BCUT2D eigenvalue weighted by molar-refractivity contribution is 6.31. The molecule has 1 unspecified atom stereocenters. The number of likely N-dealkylation sites (tertiary alicyclic amines) is 1. The van der Waals surface area contributed by atoms with Crippen molar-refractivity contribution in [2.45, 2.75) is 44.2 Å². The summed E-state index contributed by atoms with van der Waals surface area (Å²) < 4.78 is 5.52. The molecular weight excluding hydrogens is 312 g/mol. The van der Waals surface area contributed by atoms with E-state index in [-0.39, 0.29) is 11.9 Å². The monoisotopic (exact) mass is 336 g/mol. The number of ether oxygens (including phenoxy) is 1. The maximum absolute atomic E-state index is 13.2. The Kier molecular flexibility index (Phi) is 5.24. The third-order valence-electron chi connectivity index (χ3n) is 5.17. The highest BCUT2D eigenvalue weighted by Crippen LogP contribution is 2.33. The van der Waals surface area contributed by atoms with Crippen molar-refractivity contribution in [3.63, 3.8) is 0 Å². The standard InChI is InChI=1S/C18H25ClN2O2/c1-14(15-6-2-3-7-16(15)19)20-17(22)18(8-12-23-13-9-18)21-10-4-5-11-21/h2-3,6-7,14H,4-5,8-13H2,1H3,(H,20,22). The number of amides is 1. The number of halogens is 1. The molecule has 4 nitrogen and oxygen atoms in total. The molecule has 0 spiro atoms. The average molecular weight is 337 g/mol. The van der Waals surface area contributed by atoms with Crippen molar-refractivity contribution in [3.8, 4) is 0 Å². The normalized spacial score (nSPS) is 22.7. The Balaban J connectivity index is 1.77. The van der Waals surface area contributed by atoms with E-state index >= 15 is 0 Å². The Morgan fingerprint density at radius 2 is 1.91 bits per heavy atom. The summed E-state index contributed by atoms with van der Waals surface area (Å²) in [6, 6.07) is 7.60. The highest BCUT2D eigenvalue weighted by atomic mass is 35.5. The van der Waals surface area contributed by atoms with Crippen LogP contribution in [0.25, 0.3) is 0 Å². The first-order chi connectivity index (χ1) is 11.1. The van der Waals surface area contributed by atoms with Crippen molar-refractivity contribution < 1.29 is 9.53 Å². The molecule has 0 aliphatic carbocycles. The van der Waals surface area contributed by atoms with E-state index in [9.17, 15) is 4.79 Å². The number of hydrogen-bond acceptors (Lipinski definition) is 3. The lowest BCUT2D eigenvalue weighted by atomic mass is 9.86. The van der Waals surface area contributed by atoms with Gasteiger partial charge in [-0.3, -0.25) is 9.69 Å². The van der Waals surface area contributed by atoms with Crippen LogP contribution in [-0.2, 0) is 9.53 Å². The Morgan fingerprint density at radius 3 is 2.57 bits per heavy atom. The van der Waals surface area contributed by atoms with Gasteiger partial charge < -0.3 is 10.1 Å². The fourth-order valence-electron chi connectivity index (χ4n) is 3.78. The number of benzene rings is 1. The van der Waals surface area contributed by atoms with Crippen LogP contribution in [0.3, 0.4) is 0 Å². The third-order valence-corrected chi connectivity index (χ3v) is 5.52.